The van der Waals surface area contributed by atoms with E-state index in [1.54, 1.807) is 13.8 Å². The van der Waals surface area contributed by atoms with E-state index in [0.717, 1.165) is 25.7 Å². The highest BCUT2D eigenvalue weighted by Gasteiger charge is 2.38. The lowest BCUT2D eigenvalue weighted by molar-refractivity contribution is -0.173. The van der Waals surface area contributed by atoms with Gasteiger partial charge in [-0.05, 0) is 20.3 Å². The zero-order chi connectivity index (χ0) is 15.1. The Bertz CT molecular complexity index is 315. The third-order valence-corrected chi connectivity index (χ3v) is 2.55. The quantitative estimate of drug-likeness (QED) is 0.703. The molecule has 0 rings (SSSR count). The van der Waals surface area contributed by atoms with Crippen molar-refractivity contribution in [3.8, 4) is 0 Å². The summed E-state index contributed by atoms with van der Waals surface area (Å²) in [6.07, 6.45) is -1.22. The van der Waals surface area contributed by atoms with Crippen molar-refractivity contribution in [3.05, 3.63) is 0 Å². The number of hydrogen-bond acceptors (Lipinski definition) is 2. The molecule has 0 saturated carbocycles. The molecule has 0 spiro atoms. The van der Waals surface area contributed by atoms with Crippen LogP contribution in [0.25, 0.3) is 0 Å². The van der Waals surface area contributed by atoms with Gasteiger partial charge in [-0.2, -0.15) is 13.2 Å². The molecule has 0 aromatic rings. The van der Waals surface area contributed by atoms with Gasteiger partial charge in [-0.25, -0.2) is 0 Å². The Labute approximate surface area is 111 Å². The first-order valence-corrected chi connectivity index (χ1v) is 6.24. The van der Waals surface area contributed by atoms with Gasteiger partial charge in [0.05, 0.1) is 6.54 Å². The number of carbonyl (C=O) groups is 2. The molecule has 4 nitrogen and oxygen atoms in total. The molecule has 0 bridgehead atoms. The Kier molecular flexibility index (Phi) is 6.86. The van der Waals surface area contributed by atoms with Crippen LogP contribution < -0.4 is 10.6 Å². The Hall–Kier alpha value is -1.27. The molecule has 0 aliphatic carbocycles. The molecular weight excluding hydrogens is 261 g/mol. The van der Waals surface area contributed by atoms with E-state index < -0.39 is 30.1 Å². The molecular formula is C12H21F3N2O2. The van der Waals surface area contributed by atoms with E-state index in [0.29, 0.717) is 0 Å². The molecule has 0 aromatic carbocycles. The summed E-state index contributed by atoms with van der Waals surface area (Å²) in [5.74, 6) is -2.73. The van der Waals surface area contributed by atoms with Gasteiger partial charge >= 0.3 is 12.1 Å². The lowest BCUT2D eigenvalue weighted by Crippen LogP contribution is -2.49. The minimum atomic E-state index is -4.96. The molecule has 0 fully saturated rings. The first-order valence-electron chi connectivity index (χ1n) is 6.24. The monoisotopic (exact) mass is 282 g/mol. The van der Waals surface area contributed by atoms with Gasteiger partial charge in [0.15, 0.2) is 0 Å². The summed E-state index contributed by atoms with van der Waals surface area (Å²) in [5, 5.41) is 4.14. The molecule has 112 valence electrons. The van der Waals surface area contributed by atoms with E-state index in [2.05, 4.69) is 12.2 Å². The first-order chi connectivity index (χ1) is 8.58. The van der Waals surface area contributed by atoms with E-state index in [1.807, 2.05) is 0 Å². The maximum Gasteiger partial charge on any atom is 0.471 e. The first kappa shape index (κ1) is 17.7. The minimum absolute atomic E-state index is 0.491. The van der Waals surface area contributed by atoms with Crippen LogP contribution in [0.15, 0.2) is 0 Å². The SMILES string of the molecule is CCCCCC(C)(C)NC(=O)CNC(=O)C(F)(F)F. The van der Waals surface area contributed by atoms with Gasteiger partial charge in [-0.15, -0.1) is 0 Å². The van der Waals surface area contributed by atoms with Gasteiger partial charge in [0, 0.05) is 5.54 Å². The topological polar surface area (TPSA) is 58.2 Å². The molecule has 0 aliphatic rings. The summed E-state index contributed by atoms with van der Waals surface area (Å²) in [6.45, 7) is 4.98. The molecule has 0 heterocycles. The van der Waals surface area contributed by atoms with Crippen LogP contribution in [-0.2, 0) is 9.59 Å². The number of nitrogens with one attached hydrogen (secondary N) is 2. The van der Waals surface area contributed by atoms with Crippen LogP contribution in [0.4, 0.5) is 13.2 Å². The van der Waals surface area contributed by atoms with Gasteiger partial charge in [-0.3, -0.25) is 9.59 Å². The fourth-order valence-corrected chi connectivity index (χ4v) is 1.56. The molecule has 0 aromatic heterocycles. The summed E-state index contributed by atoms with van der Waals surface area (Å²) < 4.78 is 35.7. The Morgan fingerprint density at radius 2 is 1.68 bits per heavy atom. The Balaban J connectivity index is 4.06. The van der Waals surface area contributed by atoms with Gasteiger partial charge in [0.1, 0.15) is 0 Å². The second-order valence-corrected chi connectivity index (χ2v) is 5.07. The zero-order valence-corrected chi connectivity index (χ0v) is 11.5. The van der Waals surface area contributed by atoms with Crippen LogP contribution in [0.5, 0.6) is 0 Å². The van der Waals surface area contributed by atoms with Crippen molar-refractivity contribution in [2.75, 3.05) is 6.54 Å². The number of unbranched alkanes of at least 4 members (excludes halogenated alkanes) is 2. The normalized spacial score (nSPS) is 12.1. The number of amides is 2. The molecule has 2 N–H and O–H groups in total. The second-order valence-electron chi connectivity index (χ2n) is 5.07. The molecule has 2 amide bonds. The molecule has 0 saturated heterocycles. The van der Waals surface area contributed by atoms with Crippen LogP contribution in [0.2, 0.25) is 0 Å². The van der Waals surface area contributed by atoms with Crippen LogP contribution in [0.3, 0.4) is 0 Å². The number of halogens is 3. The van der Waals surface area contributed by atoms with Gasteiger partial charge in [0.25, 0.3) is 0 Å². The van der Waals surface area contributed by atoms with E-state index in [4.69, 9.17) is 0 Å². The average molecular weight is 282 g/mol. The number of alkyl halides is 3. The highest BCUT2D eigenvalue weighted by atomic mass is 19.4. The second kappa shape index (κ2) is 7.35. The average Bonchev–Trinajstić information content (AvgIpc) is 2.24. The Morgan fingerprint density at radius 3 is 2.16 bits per heavy atom. The van der Waals surface area contributed by atoms with Gasteiger partial charge in [-0.1, -0.05) is 26.2 Å². The number of rotatable bonds is 7. The van der Waals surface area contributed by atoms with Crippen molar-refractivity contribution in [1.82, 2.24) is 10.6 Å². The van der Waals surface area contributed by atoms with Gasteiger partial charge < -0.3 is 10.6 Å². The standard InChI is InChI=1S/C12H21F3N2O2/c1-4-5-6-7-11(2,3)17-9(18)8-16-10(19)12(13,14)15/h4-8H2,1-3H3,(H,16,19)(H,17,18). The third kappa shape index (κ3) is 8.45. The van der Waals surface area contributed by atoms with Gasteiger partial charge in [0.2, 0.25) is 5.91 Å². The smallest absolute Gasteiger partial charge is 0.350 e. The van der Waals surface area contributed by atoms with Crippen molar-refractivity contribution in [1.29, 1.82) is 0 Å². The summed E-state index contributed by atoms with van der Waals surface area (Å²) >= 11 is 0. The zero-order valence-electron chi connectivity index (χ0n) is 11.5. The number of hydrogen-bond donors (Lipinski definition) is 2. The number of carbonyl (C=O) groups excluding carboxylic acids is 2. The summed E-state index contributed by atoms with van der Waals surface area (Å²) in [6, 6.07) is 0. The van der Waals surface area contributed by atoms with E-state index >= 15 is 0 Å². The predicted molar refractivity (Wildman–Crippen MR) is 65.4 cm³/mol. The van der Waals surface area contributed by atoms with Crippen LogP contribution in [0, 0.1) is 0 Å². The molecule has 0 atom stereocenters. The summed E-state index contributed by atoms with van der Waals surface area (Å²) in [5.41, 5.74) is -0.491. The van der Waals surface area contributed by atoms with Crippen molar-refractivity contribution in [2.45, 2.75) is 58.2 Å². The molecule has 19 heavy (non-hydrogen) atoms. The van der Waals surface area contributed by atoms with E-state index in [-0.39, 0.29) is 0 Å². The fourth-order valence-electron chi connectivity index (χ4n) is 1.56. The van der Waals surface area contributed by atoms with E-state index in [9.17, 15) is 22.8 Å². The molecule has 0 unspecified atom stereocenters. The highest BCUT2D eigenvalue weighted by molar-refractivity contribution is 5.87. The highest BCUT2D eigenvalue weighted by Crippen LogP contribution is 2.15. The van der Waals surface area contributed by atoms with Crippen molar-refractivity contribution in [2.24, 2.45) is 0 Å². The Morgan fingerprint density at radius 1 is 1.11 bits per heavy atom. The summed E-state index contributed by atoms with van der Waals surface area (Å²) in [7, 11) is 0. The molecule has 0 radical (unpaired) electrons. The minimum Gasteiger partial charge on any atom is -0.350 e. The lowest BCUT2D eigenvalue weighted by Gasteiger charge is -2.26. The van der Waals surface area contributed by atoms with Crippen molar-refractivity contribution in [3.63, 3.8) is 0 Å². The van der Waals surface area contributed by atoms with E-state index in [1.165, 1.54) is 5.32 Å². The maximum atomic E-state index is 11.9. The maximum absolute atomic E-state index is 11.9. The third-order valence-electron chi connectivity index (χ3n) is 2.55. The van der Waals surface area contributed by atoms with Crippen LogP contribution >= 0.6 is 0 Å². The summed E-state index contributed by atoms with van der Waals surface area (Å²) in [4.78, 5) is 22.0. The molecule has 0 aliphatic heterocycles. The van der Waals surface area contributed by atoms with Crippen molar-refractivity contribution >= 4 is 11.8 Å². The fraction of sp³-hybridized carbons (Fsp3) is 0.833. The predicted octanol–water partition coefficient (Wildman–Crippen LogP) is 2.14. The largest absolute Gasteiger partial charge is 0.471 e. The molecule has 7 heteroatoms. The van der Waals surface area contributed by atoms with Crippen LogP contribution in [0.1, 0.15) is 46.5 Å². The lowest BCUT2D eigenvalue weighted by atomic mass is 9.96. The van der Waals surface area contributed by atoms with Crippen LogP contribution in [-0.4, -0.2) is 30.1 Å². The van der Waals surface area contributed by atoms with Crippen molar-refractivity contribution < 1.29 is 22.8 Å².